The van der Waals surface area contributed by atoms with Crippen LogP contribution < -0.4 is 5.73 Å². The van der Waals surface area contributed by atoms with E-state index in [0.29, 0.717) is 5.56 Å². The molecule has 2 N–H and O–H groups in total. The van der Waals surface area contributed by atoms with Crippen LogP contribution in [0.2, 0.25) is 0 Å². The van der Waals surface area contributed by atoms with E-state index in [1.807, 2.05) is 20.8 Å². The molecule has 1 aromatic rings. The molecule has 0 unspecified atom stereocenters. The Morgan fingerprint density at radius 1 is 1.13 bits per heavy atom. The van der Waals surface area contributed by atoms with Gasteiger partial charge in [-0.2, -0.15) is 0 Å². The number of benzene rings is 1. The molecule has 0 radical (unpaired) electrons. The smallest absolute Gasteiger partial charge is 0.163 e. The zero-order valence-corrected chi connectivity index (χ0v) is 9.57. The Balaban J connectivity index is 3.23. The molecule has 0 aliphatic carbocycles. The van der Waals surface area contributed by atoms with E-state index < -0.39 is 17.7 Å². The summed E-state index contributed by atoms with van der Waals surface area (Å²) in [4.78, 5) is 0. The molecule has 0 aromatic heterocycles. The highest BCUT2D eigenvalue weighted by Gasteiger charge is 2.26. The summed E-state index contributed by atoms with van der Waals surface area (Å²) >= 11 is 0. The van der Waals surface area contributed by atoms with Crippen LogP contribution in [0.3, 0.4) is 0 Å². The number of rotatable bonds is 1. The summed E-state index contributed by atoms with van der Waals surface area (Å²) in [5.41, 5.74) is 6.14. The van der Waals surface area contributed by atoms with Gasteiger partial charge in [0.15, 0.2) is 11.6 Å². The van der Waals surface area contributed by atoms with Crippen LogP contribution in [-0.2, 0) is 0 Å². The first-order valence-electron chi connectivity index (χ1n) is 4.95. The van der Waals surface area contributed by atoms with Gasteiger partial charge >= 0.3 is 0 Å². The highest BCUT2D eigenvalue weighted by atomic mass is 19.2. The highest BCUT2D eigenvalue weighted by Crippen LogP contribution is 2.32. The van der Waals surface area contributed by atoms with Crippen LogP contribution in [0.1, 0.15) is 37.9 Å². The van der Waals surface area contributed by atoms with Gasteiger partial charge in [-0.15, -0.1) is 0 Å². The Kier molecular flexibility index (Phi) is 3.14. The third-order valence-electron chi connectivity index (χ3n) is 2.57. The monoisotopic (exact) mass is 213 g/mol. The Hall–Kier alpha value is -0.960. The minimum absolute atomic E-state index is 0.241. The van der Waals surface area contributed by atoms with Gasteiger partial charge in [0.05, 0.1) is 0 Å². The highest BCUT2D eigenvalue weighted by molar-refractivity contribution is 5.28. The van der Waals surface area contributed by atoms with Crippen LogP contribution >= 0.6 is 0 Å². The van der Waals surface area contributed by atoms with Crippen LogP contribution in [0.15, 0.2) is 12.1 Å². The topological polar surface area (TPSA) is 26.0 Å². The van der Waals surface area contributed by atoms with Crippen molar-refractivity contribution in [1.82, 2.24) is 0 Å². The number of halogens is 2. The molecule has 1 rings (SSSR count). The van der Waals surface area contributed by atoms with Crippen molar-refractivity contribution in [1.29, 1.82) is 0 Å². The van der Waals surface area contributed by atoms with Gasteiger partial charge in [0, 0.05) is 11.6 Å². The maximum atomic E-state index is 13.6. The Labute approximate surface area is 89.3 Å². The molecule has 3 heteroatoms. The van der Waals surface area contributed by atoms with E-state index >= 15 is 0 Å². The van der Waals surface area contributed by atoms with Crippen molar-refractivity contribution >= 4 is 0 Å². The maximum absolute atomic E-state index is 13.6. The van der Waals surface area contributed by atoms with Crippen LogP contribution in [0.25, 0.3) is 0 Å². The molecule has 1 aromatic carbocycles. The zero-order chi connectivity index (χ0) is 11.8. The van der Waals surface area contributed by atoms with Crippen LogP contribution in [-0.4, -0.2) is 0 Å². The fourth-order valence-electron chi connectivity index (χ4n) is 1.37. The molecule has 0 saturated carbocycles. The Bertz CT molecular complexity index is 367. The van der Waals surface area contributed by atoms with E-state index in [-0.39, 0.29) is 11.0 Å². The van der Waals surface area contributed by atoms with E-state index in [9.17, 15) is 8.78 Å². The largest absolute Gasteiger partial charge is 0.323 e. The molecule has 0 aliphatic rings. The molecule has 0 bridgehead atoms. The van der Waals surface area contributed by atoms with Crippen molar-refractivity contribution in [2.45, 2.75) is 33.7 Å². The van der Waals surface area contributed by atoms with Gasteiger partial charge in [-0.1, -0.05) is 32.9 Å². The lowest BCUT2D eigenvalue weighted by Crippen LogP contribution is -2.27. The van der Waals surface area contributed by atoms with Crippen LogP contribution in [0, 0.1) is 24.0 Å². The van der Waals surface area contributed by atoms with E-state index in [2.05, 4.69) is 0 Å². The fraction of sp³-hybridized carbons (Fsp3) is 0.500. The molecular weight excluding hydrogens is 196 g/mol. The van der Waals surface area contributed by atoms with Crippen LogP contribution in [0.5, 0.6) is 0 Å². The van der Waals surface area contributed by atoms with Crippen molar-refractivity contribution in [3.63, 3.8) is 0 Å². The second-order valence-corrected chi connectivity index (χ2v) is 4.94. The molecule has 1 atom stereocenters. The van der Waals surface area contributed by atoms with Gasteiger partial charge in [0.2, 0.25) is 0 Å². The van der Waals surface area contributed by atoms with Gasteiger partial charge in [-0.3, -0.25) is 0 Å². The van der Waals surface area contributed by atoms with Gasteiger partial charge < -0.3 is 5.73 Å². The molecule has 0 spiro atoms. The van der Waals surface area contributed by atoms with E-state index in [1.165, 1.54) is 6.92 Å². The SMILES string of the molecule is Cc1ccc([C@@H](N)C(C)(C)C)c(F)c1F. The molecule has 0 amide bonds. The zero-order valence-electron chi connectivity index (χ0n) is 9.57. The van der Waals surface area contributed by atoms with Crippen molar-refractivity contribution < 1.29 is 8.78 Å². The lowest BCUT2D eigenvalue weighted by Gasteiger charge is -2.27. The number of hydrogen-bond donors (Lipinski definition) is 1. The van der Waals surface area contributed by atoms with E-state index in [1.54, 1.807) is 12.1 Å². The summed E-state index contributed by atoms with van der Waals surface area (Å²) < 4.78 is 26.9. The van der Waals surface area contributed by atoms with E-state index in [4.69, 9.17) is 5.73 Å². The first-order valence-corrected chi connectivity index (χ1v) is 4.95. The fourth-order valence-corrected chi connectivity index (χ4v) is 1.37. The summed E-state index contributed by atoms with van der Waals surface area (Å²) in [6, 6.07) is 2.61. The summed E-state index contributed by atoms with van der Waals surface area (Å²) in [5, 5.41) is 0. The van der Waals surface area contributed by atoms with Crippen molar-refractivity contribution in [2.24, 2.45) is 11.1 Å². The lowest BCUT2D eigenvalue weighted by molar-refractivity contribution is 0.315. The lowest BCUT2D eigenvalue weighted by atomic mass is 9.82. The molecule has 1 nitrogen and oxygen atoms in total. The molecule has 0 heterocycles. The normalized spacial score (nSPS) is 14.1. The predicted octanol–water partition coefficient (Wildman–Crippen LogP) is 3.32. The number of hydrogen-bond acceptors (Lipinski definition) is 1. The van der Waals surface area contributed by atoms with Gasteiger partial charge in [-0.05, 0) is 17.9 Å². The predicted molar refractivity (Wildman–Crippen MR) is 57.5 cm³/mol. The summed E-state index contributed by atoms with van der Waals surface area (Å²) in [6.45, 7) is 7.23. The molecule has 0 aliphatic heterocycles. The van der Waals surface area contributed by atoms with Crippen LogP contribution in [0.4, 0.5) is 8.78 Å². The maximum Gasteiger partial charge on any atom is 0.163 e. The third kappa shape index (κ3) is 2.34. The Morgan fingerprint density at radius 2 is 1.67 bits per heavy atom. The van der Waals surface area contributed by atoms with Crippen molar-refractivity contribution in [3.05, 3.63) is 34.9 Å². The second kappa shape index (κ2) is 3.89. The number of aryl methyl sites for hydroxylation is 1. The first kappa shape index (κ1) is 12.1. The Morgan fingerprint density at radius 3 is 2.13 bits per heavy atom. The number of nitrogens with two attached hydrogens (primary N) is 1. The summed E-state index contributed by atoms with van der Waals surface area (Å²) in [7, 11) is 0. The standard InChI is InChI=1S/C12H17F2N/c1-7-5-6-8(10(14)9(7)13)11(15)12(2,3)4/h5-6,11H,15H2,1-4H3/t11-/m1/s1. The van der Waals surface area contributed by atoms with Gasteiger partial charge in [-0.25, -0.2) is 8.78 Å². The minimum Gasteiger partial charge on any atom is -0.323 e. The van der Waals surface area contributed by atoms with Crippen molar-refractivity contribution in [3.8, 4) is 0 Å². The molecule has 84 valence electrons. The summed E-state index contributed by atoms with van der Waals surface area (Å²) in [5.74, 6) is -1.62. The van der Waals surface area contributed by atoms with E-state index in [0.717, 1.165) is 0 Å². The quantitative estimate of drug-likeness (QED) is 0.760. The first-order chi connectivity index (χ1) is 6.75. The molecular formula is C12H17F2N. The minimum atomic E-state index is -0.822. The molecule has 0 fully saturated rings. The molecule has 0 saturated heterocycles. The second-order valence-electron chi connectivity index (χ2n) is 4.94. The third-order valence-corrected chi connectivity index (χ3v) is 2.57. The average molecular weight is 213 g/mol. The van der Waals surface area contributed by atoms with Gasteiger partial charge in [0.1, 0.15) is 0 Å². The van der Waals surface area contributed by atoms with Gasteiger partial charge in [0.25, 0.3) is 0 Å². The summed E-state index contributed by atoms with van der Waals surface area (Å²) in [6.07, 6.45) is 0. The molecule has 15 heavy (non-hydrogen) atoms. The average Bonchev–Trinajstić information content (AvgIpc) is 2.12. The van der Waals surface area contributed by atoms with Crippen molar-refractivity contribution in [2.75, 3.05) is 0 Å².